The highest BCUT2D eigenvalue weighted by Gasteiger charge is 2.33. The fourth-order valence-corrected chi connectivity index (χ4v) is 1.44. The Kier molecular flexibility index (Phi) is 4.39. The number of anilines is 2. The number of hydrogen-bond acceptors (Lipinski definition) is 4. The van der Waals surface area contributed by atoms with Gasteiger partial charge in [0.1, 0.15) is 5.69 Å². The first-order valence-electron chi connectivity index (χ1n) is 5.43. The van der Waals surface area contributed by atoms with E-state index >= 15 is 0 Å². The number of pyridine rings is 1. The molecule has 0 bridgehead atoms. The first-order valence-corrected chi connectivity index (χ1v) is 5.43. The smallest absolute Gasteiger partial charge is 0.396 e. The number of nitrogens with two attached hydrogens (primary N) is 1. The first-order chi connectivity index (χ1) is 8.21. The van der Waals surface area contributed by atoms with Crippen molar-refractivity contribution in [2.75, 3.05) is 24.2 Å². The van der Waals surface area contributed by atoms with E-state index in [1.165, 1.54) is 0 Å². The highest BCUT2D eigenvalue weighted by Crippen LogP contribution is 2.32. The van der Waals surface area contributed by atoms with Crippen molar-refractivity contribution in [1.29, 1.82) is 0 Å². The van der Waals surface area contributed by atoms with E-state index in [-0.39, 0.29) is 11.4 Å². The molecule has 0 aliphatic heterocycles. The summed E-state index contributed by atoms with van der Waals surface area (Å²) in [5.41, 5.74) is 5.07. The lowest BCUT2D eigenvalue weighted by atomic mass is 10.2. The molecule has 0 spiro atoms. The maximum absolute atomic E-state index is 12.5. The van der Waals surface area contributed by atoms with Gasteiger partial charge in [0.25, 0.3) is 0 Å². The molecule has 1 unspecified atom stereocenters. The molecular weight excluding hydrogens is 247 g/mol. The number of halogens is 3. The summed E-state index contributed by atoms with van der Waals surface area (Å²) in [7, 11) is 1.62. The van der Waals surface area contributed by atoms with Crippen LogP contribution in [0.1, 0.15) is 19.0 Å². The van der Waals surface area contributed by atoms with Crippen LogP contribution < -0.4 is 10.6 Å². The van der Waals surface area contributed by atoms with Gasteiger partial charge in [-0.3, -0.25) is 0 Å². The fraction of sp³-hybridized carbons (Fsp3) is 0.545. The maximum atomic E-state index is 12.5. The standard InChI is InChI=1S/C11H16F3N3O/c1-7(18)3-4-17(2)9-5-10(11(12,13)14)16-6-8(9)15/h5-7,18H,3-4,15H2,1-2H3. The van der Waals surface area contributed by atoms with Crippen LogP contribution in [0, 0.1) is 0 Å². The van der Waals surface area contributed by atoms with Gasteiger partial charge in [-0.2, -0.15) is 13.2 Å². The van der Waals surface area contributed by atoms with Gasteiger partial charge in [-0.15, -0.1) is 0 Å². The number of aliphatic hydroxyl groups excluding tert-OH is 1. The van der Waals surface area contributed by atoms with E-state index in [1.54, 1.807) is 18.9 Å². The lowest BCUT2D eigenvalue weighted by Crippen LogP contribution is -2.23. The van der Waals surface area contributed by atoms with Crippen LogP contribution in [0.2, 0.25) is 0 Å². The van der Waals surface area contributed by atoms with Crippen LogP contribution in [0.4, 0.5) is 24.5 Å². The van der Waals surface area contributed by atoms with Crippen molar-refractivity contribution in [1.82, 2.24) is 4.98 Å². The molecule has 0 saturated heterocycles. The van der Waals surface area contributed by atoms with E-state index in [4.69, 9.17) is 10.8 Å². The number of nitrogen functional groups attached to an aromatic ring is 1. The third-order valence-electron chi connectivity index (χ3n) is 2.50. The van der Waals surface area contributed by atoms with Crippen molar-refractivity contribution in [3.63, 3.8) is 0 Å². The van der Waals surface area contributed by atoms with Crippen molar-refractivity contribution in [3.05, 3.63) is 18.0 Å². The van der Waals surface area contributed by atoms with E-state index in [1.807, 2.05) is 0 Å². The van der Waals surface area contributed by atoms with E-state index < -0.39 is 18.0 Å². The molecule has 0 fully saturated rings. The van der Waals surface area contributed by atoms with Gasteiger partial charge in [-0.05, 0) is 19.4 Å². The highest BCUT2D eigenvalue weighted by molar-refractivity contribution is 5.66. The Bertz CT molecular complexity index is 407. The van der Waals surface area contributed by atoms with Gasteiger partial charge < -0.3 is 15.7 Å². The van der Waals surface area contributed by atoms with Crippen molar-refractivity contribution < 1.29 is 18.3 Å². The maximum Gasteiger partial charge on any atom is 0.433 e. The monoisotopic (exact) mass is 263 g/mol. The first kappa shape index (κ1) is 14.6. The quantitative estimate of drug-likeness (QED) is 0.870. The molecule has 0 aliphatic carbocycles. The average Bonchev–Trinajstić information content (AvgIpc) is 2.24. The molecule has 3 N–H and O–H groups in total. The zero-order valence-electron chi connectivity index (χ0n) is 10.2. The van der Waals surface area contributed by atoms with Crippen LogP contribution in [0.15, 0.2) is 12.3 Å². The number of nitrogens with zero attached hydrogens (tertiary/aromatic N) is 2. The van der Waals surface area contributed by atoms with Gasteiger partial charge in [0, 0.05) is 13.6 Å². The summed E-state index contributed by atoms with van der Waals surface area (Å²) >= 11 is 0. The van der Waals surface area contributed by atoms with E-state index in [2.05, 4.69) is 4.98 Å². The van der Waals surface area contributed by atoms with E-state index in [0.29, 0.717) is 13.0 Å². The third-order valence-corrected chi connectivity index (χ3v) is 2.50. The van der Waals surface area contributed by atoms with Crippen LogP contribution in [0.5, 0.6) is 0 Å². The molecule has 1 heterocycles. The van der Waals surface area contributed by atoms with E-state index in [0.717, 1.165) is 12.3 Å². The van der Waals surface area contributed by atoms with Crippen LogP contribution in [0.25, 0.3) is 0 Å². The second kappa shape index (κ2) is 5.43. The van der Waals surface area contributed by atoms with E-state index in [9.17, 15) is 13.2 Å². The third kappa shape index (κ3) is 3.76. The normalized spacial score (nSPS) is 13.4. The van der Waals surface area contributed by atoms with Gasteiger partial charge >= 0.3 is 6.18 Å². The number of rotatable bonds is 4. The van der Waals surface area contributed by atoms with Crippen molar-refractivity contribution in [2.45, 2.75) is 25.6 Å². The Labute approximate surface area is 103 Å². The molecule has 1 atom stereocenters. The molecule has 1 rings (SSSR count). The average molecular weight is 263 g/mol. The minimum Gasteiger partial charge on any atom is -0.396 e. The molecular formula is C11H16F3N3O. The number of hydrogen-bond donors (Lipinski definition) is 2. The zero-order valence-corrected chi connectivity index (χ0v) is 10.2. The molecule has 4 nitrogen and oxygen atoms in total. The van der Waals surface area contributed by atoms with Crippen molar-refractivity contribution >= 4 is 11.4 Å². The lowest BCUT2D eigenvalue weighted by Gasteiger charge is -2.22. The molecule has 18 heavy (non-hydrogen) atoms. The summed E-state index contributed by atoms with van der Waals surface area (Å²) in [6.45, 7) is 2.02. The lowest BCUT2D eigenvalue weighted by molar-refractivity contribution is -0.141. The topological polar surface area (TPSA) is 62.4 Å². The Balaban J connectivity index is 2.93. The zero-order chi connectivity index (χ0) is 13.9. The molecule has 0 aromatic carbocycles. The molecule has 1 aromatic heterocycles. The molecule has 0 radical (unpaired) electrons. The predicted molar refractivity (Wildman–Crippen MR) is 63.2 cm³/mol. The van der Waals surface area contributed by atoms with Gasteiger partial charge in [0.05, 0.1) is 23.7 Å². The number of aromatic nitrogens is 1. The molecule has 102 valence electrons. The Morgan fingerprint density at radius 1 is 1.50 bits per heavy atom. The predicted octanol–water partition coefficient (Wildman–Crippen LogP) is 1.89. The minimum atomic E-state index is -4.49. The summed E-state index contributed by atoms with van der Waals surface area (Å²) in [5.74, 6) is 0. The summed E-state index contributed by atoms with van der Waals surface area (Å²) in [5, 5.41) is 9.15. The summed E-state index contributed by atoms with van der Waals surface area (Å²) in [6.07, 6.45) is -3.57. The van der Waals surface area contributed by atoms with Crippen LogP contribution in [-0.2, 0) is 6.18 Å². The van der Waals surface area contributed by atoms with Gasteiger partial charge in [0.2, 0.25) is 0 Å². The van der Waals surface area contributed by atoms with Crippen LogP contribution >= 0.6 is 0 Å². The number of alkyl halides is 3. The number of aliphatic hydroxyl groups is 1. The van der Waals surface area contributed by atoms with Crippen LogP contribution in [-0.4, -0.2) is 29.8 Å². The summed E-state index contributed by atoms with van der Waals surface area (Å²) in [6, 6.07) is 0.914. The fourth-order valence-electron chi connectivity index (χ4n) is 1.44. The minimum absolute atomic E-state index is 0.177. The van der Waals surface area contributed by atoms with Crippen molar-refractivity contribution in [2.24, 2.45) is 0 Å². The largest absolute Gasteiger partial charge is 0.433 e. The Morgan fingerprint density at radius 2 is 2.11 bits per heavy atom. The van der Waals surface area contributed by atoms with Gasteiger partial charge in [-0.25, -0.2) is 4.98 Å². The SMILES string of the molecule is CC(O)CCN(C)c1cc(C(F)(F)F)ncc1N. The van der Waals surface area contributed by atoms with Crippen molar-refractivity contribution in [3.8, 4) is 0 Å². The Morgan fingerprint density at radius 3 is 2.61 bits per heavy atom. The molecule has 0 amide bonds. The van der Waals surface area contributed by atoms with Gasteiger partial charge in [0.15, 0.2) is 0 Å². The highest BCUT2D eigenvalue weighted by atomic mass is 19.4. The molecule has 7 heteroatoms. The summed E-state index contributed by atoms with van der Waals surface area (Å²) < 4.78 is 37.5. The molecule has 0 aliphatic rings. The second-order valence-electron chi connectivity index (χ2n) is 4.19. The Hall–Kier alpha value is -1.50. The summed E-state index contributed by atoms with van der Waals surface area (Å²) in [4.78, 5) is 4.83. The molecule has 1 aromatic rings. The van der Waals surface area contributed by atoms with Gasteiger partial charge in [-0.1, -0.05) is 0 Å². The molecule has 0 saturated carbocycles. The second-order valence-corrected chi connectivity index (χ2v) is 4.19. The van der Waals surface area contributed by atoms with Crippen LogP contribution in [0.3, 0.4) is 0 Å².